The second-order valence-corrected chi connectivity index (χ2v) is 1.47. The maximum Gasteiger partial charge on any atom is 0.313 e. The van der Waals surface area contributed by atoms with Gasteiger partial charge in [0.1, 0.15) is 0 Å². The number of hydrogen-bond acceptors (Lipinski definition) is 3. The lowest BCUT2D eigenvalue weighted by atomic mass is 10.6. The van der Waals surface area contributed by atoms with Gasteiger partial charge in [0.15, 0.2) is 0 Å². The first-order valence-corrected chi connectivity index (χ1v) is 2.92. The van der Waals surface area contributed by atoms with E-state index in [1.165, 1.54) is 0 Å². The molecule has 0 bridgehead atoms. The molecular weight excluding hydrogens is 154 g/mol. The summed E-state index contributed by atoms with van der Waals surface area (Å²) in [4.78, 5) is 18.8. The van der Waals surface area contributed by atoms with Crippen molar-refractivity contribution in [2.24, 2.45) is 5.73 Å². The van der Waals surface area contributed by atoms with E-state index in [0.29, 0.717) is 0 Å². The molecule has 0 heterocycles. The molecule has 0 aliphatic heterocycles. The molecule has 0 aliphatic rings. The normalized spacial score (nSPS) is 6.90. The maximum absolute atomic E-state index is 9.47. The van der Waals surface area contributed by atoms with Gasteiger partial charge in [-0.3, -0.25) is 9.59 Å². The van der Waals surface area contributed by atoms with Crippen molar-refractivity contribution in [3.05, 3.63) is 12.7 Å². The first-order valence-electron chi connectivity index (χ1n) is 2.29. The molecule has 0 rings (SSSR count). The summed E-state index contributed by atoms with van der Waals surface area (Å²) in [5, 5.41) is 7.65. The zero-order valence-electron chi connectivity index (χ0n) is 5.28. The maximum atomic E-state index is 9.47. The van der Waals surface area contributed by atoms with E-state index in [2.05, 4.69) is 24.9 Å². The van der Waals surface area contributed by atoms with Crippen molar-refractivity contribution >= 4 is 24.5 Å². The Morgan fingerprint density at radius 1 is 1.70 bits per heavy atom. The molecule has 0 saturated carbocycles. The SMILES string of the molecule is C=CC(N)=O.O=C(O)CS. The average Bonchev–Trinajstić information content (AvgIpc) is 1.89. The average molecular weight is 163 g/mol. The highest BCUT2D eigenvalue weighted by Gasteiger charge is 1.81. The number of carboxylic acids is 1. The van der Waals surface area contributed by atoms with Crippen molar-refractivity contribution in [2.75, 3.05) is 5.75 Å². The van der Waals surface area contributed by atoms with Crippen LogP contribution in [-0.2, 0) is 9.59 Å². The van der Waals surface area contributed by atoms with Gasteiger partial charge in [0, 0.05) is 0 Å². The lowest BCUT2D eigenvalue weighted by Gasteiger charge is -1.71. The van der Waals surface area contributed by atoms with Crippen LogP contribution in [0.25, 0.3) is 0 Å². The summed E-state index contributed by atoms with van der Waals surface area (Å²) < 4.78 is 0. The van der Waals surface area contributed by atoms with Gasteiger partial charge in [0.25, 0.3) is 0 Å². The summed E-state index contributed by atoms with van der Waals surface area (Å²) in [5.74, 6) is -1.45. The molecule has 0 fully saturated rings. The summed E-state index contributed by atoms with van der Waals surface area (Å²) in [5.41, 5.74) is 4.53. The Hall–Kier alpha value is -0.970. The number of aliphatic carboxylic acids is 1. The molecule has 1 amide bonds. The number of carboxylic acid groups (broad SMARTS) is 1. The molecule has 58 valence electrons. The first kappa shape index (κ1) is 11.8. The van der Waals surface area contributed by atoms with E-state index in [-0.39, 0.29) is 5.75 Å². The third-order valence-electron chi connectivity index (χ3n) is 0.336. The van der Waals surface area contributed by atoms with E-state index in [1.807, 2.05) is 0 Å². The summed E-state index contributed by atoms with van der Waals surface area (Å²) in [6.45, 7) is 3.09. The minimum Gasteiger partial charge on any atom is -0.481 e. The Balaban J connectivity index is 0. The van der Waals surface area contributed by atoms with E-state index in [9.17, 15) is 9.59 Å². The van der Waals surface area contributed by atoms with E-state index in [0.717, 1.165) is 6.08 Å². The molecule has 3 N–H and O–H groups in total. The van der Waals surface area contributed by atoms with Crippen LogP contribution >= 0.6 is 12.6 Å². The van der Waals surface area contributed by atoms with E-state index < -0.39 is 11.9 Å². The minimum absolute atomic E-state index is 0.0833. The van der Waals surface area contributed by atoms with Gasteiger partial charge in [0.05, 0.1) is 5.75 Å². The molecule has 4 nitrogen and oxygen atoms in total. The third-order valence-corrected chi connectivity index (χ3v) is 0.607. The largest absolute Gasteiger partial charge is 0.481 e. The Kier molecular flexibility index (Phi) is 9.46. The second kappa shape index (κ2) is 8.03. The third kappa shape index (κ3) is 27.8. The quantitative estimate of drug-likeness (QED) is 0.385. The van der Waals surface area contributed by atoms with Crippen molar-refractivity contribution in [3.63, 3.8) is 0 Å². The van der Waals surface area contributed by atoms with Gasteiger partial charge < -0.3 is 10.8 Å². The molecule has 0 radical (unpaired) electrons. The van der Waals surface area contributed by atoms with Gasteiger partial charge in [-0.05, 0) is 6.08 Å². The number of amides is 1. The predicted molar refractivity (Wildman–Crippen MR) is 40.9 cm³/mol. The van der Waals surface area contributed by atoms with Crippen molar-refractivity contribution in [1.82, 2.24) is 0 Å². The van der Waals surface area contributed by atoms with Gasteiger partial charge in [-0.25, -0.2) is 0 Å². The van der Waals surface area contributed by atoms with Crippen LogP contribution in [0, 0.1) is 0 Å². The van der Waals surface area contributed by atoms with Crippen LogP contribution in [0.5, 0.6) is 0 Å². The molecule has 0 aliphatic carbocycles. The highest BCUT2D eigenvalue weighted by molar-refractivity contribution is 7.81. The zero-order chi connectivity index (χ0) is 8.57. The van der Waals surface area contributed by atoms with Crippen LogP contribution in [-0.4, -0.2) is 22.7 Å². The first-order chi connectivity index (χ1) is 4.54. The predicted octanol–water partition coefficient (Wildman–Crippen LogP) is -0.342. The van der Waals surface area contributed by atoms with Crippen LogP contribution in [0.2, 0.25) is 0 Å². The van der Waals surface area contributed by atoms with E-state index >= 15 is 0 Å². The van der Waals surface area contributed by atoms with E-state index in [4.69, 9.17) is 5.11 Å². The monoisotopic (exact) mass is 163 g/mol. The molecule has 0 saturated heterocycles. The van der Waals surface area contributed by atoms with Crippen LogP contribution in [0.4, 0.5) is 0 Å². The molecule has 0 atom stereocenters. The molecule has 0 spiro atoms. The van der Waals surface area contributed by atoms with Gasteiger partial charge in [0.2, 0.25) is 5.91 Å². The van der Waals surface area contributed by atoms with Crippen molar-refractivity contribution in [1.29, 1.82) is 0 Å². The minimum atomic E-state index is -0.881. The number of carbonyl (C=O) groups excluding carboxylic acids is 1. The smallest absolute Gasteiger partial charge is 0.313 e. The number of nitrogens with two attached hydrogens (primary N) is 1. The number of thiol groups is 1. The highest BCUT2D eigenvalue weighted by Crippen LogP contribution is 1.66. The molecule has 0 unspecified atom stereocenters. The van der Waals surface area contributed by atoms with Crippen molar-refractivity contribution in [2.45, 2.75) is 0 Å². The fourth-order valence-corrected chi connectivity index (χ4v) is 0. The fraction of sp³-hybridized carbons (Fsp3) is 0.200. The number of rotatable bonds is 2. The summed E-state index contributed by atoms with van der Waals surface area (Å²) in [6.07, 6.45) is 1.06. The van der Waals surface area contributed by atoms with Gasteiger partial charge >= 0.3 is 5.97 Å². The van der Waals surface area contributed by atoms with Gasteiger partial charge in [-0.1, -0.05) is 6.58 Å². The standard InChI is InChI=1S/C3H5NO.C2H4O2S/c1-2-3(4)5;3-2(4)1-5/h2H,1H2,(H2,4,5);5H,1H2,(H,3,4). The Morgan fingerprint density at radius 2 is 1.90 bits per heavy atom. The topological polar surface area (TPSA) is 80.4 Å². The Labute approximate surface area is 64.1 Å². The molecular formula is C5H9NO3S. The van der Waals surface area contributed by atoms with Crippen LogP contribution in [0.15, 0.2) is 12.7 Å². The molecule has 0 aromatic heterocycles. The van der Waals surface area contributed by atoms with Crippen molar-refractivity contribution < 1.29 is 14.7 Å². The second-order valence-electron chi connectivity index (χ2n) is 1.16. The number of primary amides is 1. The highest BCUT2D eigenvalue weighted by atomic mass is 32.1. The molecule has 10 heavy (non-hydrogen) atoms. The molecule has 5 heteroatoms. The number of carbonyl (C=O) groups is 2. The van der Waals surface area contributed by atoms with Gasteiger partial charge in [-0.15, -0.1) is 0 Å². The van der Waals surface area contributed by atoms with Gasteiger partial charge in [-0.2, -0.15) is 12.6 Å². The summed E-state index contributed by atoms with van der Waals surface area (Å²) in [7, 11) is 0. The summed E-state index contributed by atoms with van der Waals surface area (Å²) >= 11 is 3.42. The lowest BCUT2D eigenvalue weighted by molar-refractivity contribution is -0.133. The molecule has 0 aromatic rings. The van der Waals surface area contributed by atoms with Crippen LogP contribution < -0.4 is 5.73 Å². The van der Waals surface area contributed by atoms with Crippen LogP contribution in [0.1, 0.15) is 0 Å². The lowest BCUT2D eigenvalue weighted by Crippen LogP contribution is -2.04. The fourth-order valence-electron chi connectivity index (χ4n) is 0. The van der Waals surface area contributed by atoms with Crippen LogP contribution in [0.3, 0.4) is 0 Å². The molecule has 0 aromatic carbocycles. The number of hydrogen-bond donors (Lipinski definition) is 3. The Bertz CT molecular complexity index is 135. The zero-order valence-corrected chi connectivity index (χ0v) is 6.17. The Morgan fingerprint density at radius 3 is 1.90 bits per heavy atom. The van der Waals surface area contributed by atoms with Crippen molar-refractivity contribution in [3.8, 4) is 0 Å². The summed E-state index contributed by atoms with van der Waals surface area (Å²) in [6, 6.07) is 0. The van der Waals surface area contributed by atoms with E-state index in [1.54, 1.807) is 0 Å².